The minimum atomic E-state index is -2.81. The summed E-state index contributed by atoms with van der Waals surface area (Å²) >= 11 is 12.1. The summed E-state index contributed by atoms with van der Waals surface area (Å²) < 4.78 is 32.7. The van der Waals surface area contributed by atoms with Gasteiger partial charge in [-0.3, -0.25) is 4.79 Å². The van der Waals surface area contributed by atoms with Crippen molar-refractivity contribution in [2.45, 2.75) is 25.5 Å². The monoisotopic (exact) mass is 392 g/mol. The molecule has 1 amide bonds. The Labute approximate surface area is 154 Å². The summed E-state index contributed by atoms with van der Waals surface area (Å²) in [7, 11) is 2.96. The molecule has 1 aromatic rings. The zero-order valence-corrected chi connectivity index (χ0v) is 15.4. The van der Waals surface area contributed by atoms with E-state index in [2.05, 4.69) is 10.4 Å². The molecule has 1 aliphatic heterocycles. The van der Waals surface area contributed by atoms with Crippen molar-refractivity contribution >= 4 is 41.0 Å². The lowest BCUT2D eigenvalue weighted by Crippen LogP contribution is -2.44. The second-order valence-electron chi connectivity index (χ2n) is 5.65. The molecule has 0 saturated heterocycles. The van der Waals surface area contributed by atoms with E-state index in [-0.39, 0.29) is 0 Å². The number of carbonyl (C=O) groups is 1. The topological polar surface area (TPSA) is 53.7 Å². The van der Waals surface area contributed by atoms with Crippen molar-refractivity contribution in [1.29, 1.82) is 0 Å². The Morgan fingerprint density at radius 1 is 1.40 bits per heavy atom. The summed E-state index contributed by atoms with van der Waals surface area (Å²) in [5, 5.41) is 7.22. The van der Waals surface area contributed by atoms with Gasteiger partial charge in [-0.2, -0.15) is 0 Å². The van der Waals surface area contributed by atoms with Crippen LogP contribution in [0.2, 0.25) is 10.0 Å². The molecular weight excluding hydrogens is 375 g/mol. The number of hydrogen-bond acceptors (Lipinski definition) is 3. The van der Waals surface area contributed by atoms with Crippen LogP contribution in [0.15, 0.2) is 23.3 Å². The molecule has 1 N–H and O–H groups in total. The molecule has 0 aliphatic carbocycles. The van der Waals surface area contributed by atoms with E-state index >= 15 is 0 Å². The second kappa shape index (κ2) is 8.21. The lowest BCUT2D eigenvalue weighted by Gasteiger charge is -2.25. The van der Waals surface area contributed by atoms with Gasteiger partial charge in [-0.25, -0.2) is 8.78 Å². The normalized spacial score (nSPS) is 19.4. The first-order chi connectivity index (χ1) is 11.7. The minimum Gasteiger partial charge on any atom is -0.375 e. The zero-order chi connectivity index (χ0) is 18.7. The van der Waals surface area contributed by atoms with Gasteiger partial charge in [0.2, 0.25) is 5.91 Å². The van der Waals surface area contributed by atoms with E-state index in [1.165, 1.54) is 25.1 Å². The number of hydrazone groups is 1. The van der Waals surface area contributed by atoms with Gasteiger partial charge in [-0.05, 0) is 24.2 Å². The molecular formula is C16H18Cl2F2N3O2+. The van der Waals surface area contributed by atoms with E-state index in [0.29, 0.717) is 15.6 Å². The van der Waals surface area contributed by atoms with Crippen LogP contribution < -0.4 is 5.32 Å². The van der Waals surface area contributed by atoms with E-state index in [1.54, 1.807) is 25.1 Å². The maximum absolute atomic E-state index is 13.0. The van der Waals surface area contributed by atoms with Crippen LogP contribution in [0, 0.1) is 5.92 Å². The summed E-state index contributed by atoms with van der Waals surface area (Å²) in [5.41, 5.74) is 0.155. The Kier molecular flexibility index (Phi) is 6.48. The van der Waals surface area contributed by atoms with Crippen molar-refractivity contribution in [2.24, 2.45) is 11.0 Å². The smallest absolute Gasteiger partial charge is 0.283 e. The number of nitrogens with one attached hydrogen (secondary N) is 1. The number of rotatable bonds is 6. The molecule has 0 radical (unpaired) electrons. The van der Waals surface area contributed by atoms with Crippen LogP contribution in [0.1, 0.15) is 18.6 Å². The van der Waals surface area contributed by atoms with E-state index in [9.17, 15) is 13.6 Å². The van der Waals surface area contributed by atoms with Gasteiger partial charge in [0.15, 0.2) is 24.9 Å². The molecule has 2 rings (SSSR count). The van der Waals surface area contributed by atoms with E-state index < -0.39 is 36.1 Å². The molecule has 5 nitrogen and oxygen atoms in total. The second-order valence-corrected chi connectivity index (χ2v) is 6.49. The van der Waals surface area contributed by atoms with E-state index in [4.69, 9.17) is 27.9 Å². The number of methoxy groups -OCH3 is 1. The number of halogens is 4. The molecule has 136 valence electrons. The van der Waals surface area contributed by atoms with Gasteiger partial charge in [0.05, 0.1) is 6.04 Å². The first-order valence-electron chi connectivity index (χ1n) is 7.47. The van der Waals surface area contributed by atoms with Crippen LogP contribution in [0.5, 0.6) is 0 Å². The van der Waals surface area contributed by atoms with Gasteiger partial charge >= 0.3 is 0 Å². The lowest BCUT2D eigenvalue weighted by molar-refractivity contribution is -0.495. The fourth-order valence-electron chi connectivity index (χ4n) is 2.67. The molecule has 3 unspecified atom stereocenters. The molecule has 1 aromatic carbocycles. The van der Waals surface area contributed by atoms with Crippen LogP contribution in [-0.2, 0) is 9.53 Å². The predicted molar refractivity (Wildman–Crippen MR) is 93.0 cm³/mol. The van der Waals surface area contributed by atoms with Crippen LogP contribution in [0.4, 0.5) is 8.78 Å². The highest BCUT2D eigenvalue weighted by Crippen LogP contribution is 2.30. The fraction of sp³-hybridized carbons (Fsp3) is 0.438. The number of alkyl halides is 2. The van der Waals surface area contributed by atoms with Crippen LogP contribution in [0.25, 0.3) is 0 Å². The highest BCUT2D eigenvalue weighted by Gasteiger charge is 2.39. The Hall–Kier alpha value is -1.57. The van der Waals surface area contributed by atoms with Crippen molar-refractivity contribution in [2.75, 3.05) is 14.2 Å². The third-order valence-corrected chi connectivity index (χ3v) is 4.37. The fourth-order valence-corrected chi connectivity index (χ4v) is 3.19. The molecule has 0 bridgehead atoms. The Balaban J connectivity index is 2.15. The maximum atomic E-state index is 13.0. The van der Waals surface area contributed by atoms with Gasteiger partial charge in [0.25, 0.3) is 6.43 Å². The average Bonchev–Trinajstić information content (AvgIpc) is 2.92. The number of benzene rings is 1. The zero-order valence-electron chi connectivity index (χ0n) is 13.8. The summed E-state index contributed by atoms with van der Waals surface area (Å²) in [6, 6.07) is 4.41. The maximum Gasteiger partial charge on any atom is 0.283 e. The number of hydrogen-bond donors (Lipinski definition) is 1. The van der Waals surface area contributed by atoms with Gasteiger partial charge < -0.3 is 10.1 Å². The first-order valence-corrected chi connectivity index (χ1v) is 8.22. The van der Waals surface area contributed by atoms with Gasteiger partial charge in [0.1, 0.15) is 6.10 Å². The summed E-state index contributed by atoms with van der Waals surface area (Å²) in [5.74, 6) is -1.70. The van der Waals surface area contributed by atoms with Gasteiger partial charge in [0, 0.05) is 22.7 Å². The molecule has 0 aromatic heterocycles. The lowest BCUT2D eigenvalue weighted by atomic mass is 10.0. The SMILES string of the molecule is COC(c1ccc(Cl)cc1Cl)C(C)NC(=O)C1C=[N+](C)N=C1C(F)F. The summed E-state index contributed by atoms with van der Waals surface area (Å²) in [4.78, 5) is 12.4. The minimum absolute atomic E-state index is 0.391. The third-order valence-electron chi connectivity index (χ3n) is 3.81. The molecule has 0 saturated carbocycles. The molecule has 9 heteroatoms. The third kappa shape index (κ3) is 4.54. The van der Waals surface area contributed by atoms with Crippen molar-refractivity contribution in [3.8, 4) is 0 Å². The number of nitrogens with zero attached hydrogens (tertiary/aromatic N) is 2. The Morgan fingerprint density at radius 2 is 2.08 bits per heavy atom. The van der Waals surface area contributed by atoms with Crippen LogP contribution >= 0.6 is 23.2 Å². The summed E-state index contributed by atoms with van der Waals surface area (Å²) in [6.07, 6.45) is -2.04. The Bertz CT molecular complexity index is 725. The highest BCUT2D eigenvalue weighted by molar-refractivity contribution is 6.35. The number of carbonyl (C=O) groups excluding carboxylic acids is 1. The van der Waals surface area contributed by atoms with Gasteiger partial charge in [-0.1, -0.05) is 34.0 Å². The van der Waals surface area contributed by atoms with Crippen molar-refractivity contribution in [3.05, 3.63) is 33.8 Å². The largest absolute Gasteiger partial charge is 0.375 e. The van der Waals surface area contributed by atoms with Crippen molar-refractivity contribution in [3.63, 3.8) is 0 Å². The molecule has 0 spiro atoms. The van der Waals surface area contributed by atoms with Crippen LogP contribution in [0.3, 0.4) is 0 Å². The average molecular weight is 393 g/mol. The molecule has 1 heterocycles. The molecule has 0 fully saturated rings. The van der Waals surface area contributed by atoms with Gasteiger partial charge in [-0.15, -0.1) is 0 Å². The van der Waals surface area contributed by atoms with Crippen LogP contribution in [-0.4, -0.2) is 49.1 Å². The number of ether oxygens (including phenoxy) is 1. The quantitative estimate of drug-likeness (QED) is 0.756. The van der Waals surface area contributed by atoms with E-state index in [0.717, 1.165) is 0 Å². The van der Waals surface area contributed by atoms with E-state index in [1.807, 2.05) is 0 Å². The predicted octanol–water partition coefficient (Wildman–Crippen LogP) is 3.15. The van der Waals surface area contributed by atoms with Crippen molar-refractivity contribution in [1.82, 2.24) is 5.32 Å². The number of amides is 1. The standard InChI is InChI=1S/C16H17Cl2F2N3O2/c1-8(14(25-3)10-5-4-9(17)6-12(10)18)21-16(24)11-7-23(2)22-13(11)15(19)20/h4-8,11,14-15H,1-3H3/p+1. The molecule has 25 heavy (non-hydrogen) atoms. The first kappa shape index (κ1) is 19.8. The molecule has 1 aliphatic rings. The highest BCUT2D eigenvalue weighted by atomic mass is 35.5. The Morgan fingerprint density at radius 3 is 2.64 bits per heavy atom. The molecule has 3 atom stereocenters. The summed E-state index contributed by atoms with van der Waals surface area (Å²) in [6.45, 7) is 1.70. The van der Waals surface area contributed by atoms with Crippen molar-refractivity contribution < 1.29 is 23.0 Å².